The molecule has 0 saturated carbocycles. The summed E-state index contributed by atoms with van der Waals surface area (Å²) >= 11 is 1.39. The number of carbonyl (C=O) groups is 2. The first kappa shape index (κ1) is 25.0. The Hall–Kier alpha value is -2.68. The van der Waals surface area contributed by atoms with E-state index in [1.165, 1.54) is 43.8 Å². The predicted octanol–water partition coefficient (Wildman–Crippen LogP) is 5.94. The molecule has 1 aromatic carbocycles. The van der Waals surface area contributed by atoms with Gasteiger partial charge in [0.15, 0.2) is 11.5 Å². The van der Waals surface area contributed by atoms with Gasteiger partial charge >= 0.3 is 12.6 Å². The van der Waals surface area contributed by atoms with Crippen LogP contribution in [0.15, 0.2) is 18.2 Å². The lowest BCUT2D eigenvalue weighted by Gasteiger charge is -2.36. The second-order valence-corrected chi connectivity index (χ2v) is 9.78. The van der Waals surface area contributed by atoms with Crippen molar-refractivity contribution in [3.05, 3.63) is 39.8 Å². The van der Waals surface area contributed by atoms with Crippen LogP contribution in [0.5, 0.6) is 11.5 Å². The van der Waals surface area contributed by atoms with Crippen LogP contribution >= 0.6 is 11.3 Å². The first-order valence-electron chi connectivity index (χ1n) is 10.8. The topological polar surface area (TPSA) is 73.9 Å². The summed E-state index contributed by atoms with van der Waals surface area (Å²) in [6, 6.07) is 3.93. The quantitative estimate of drug-likeness (QED) is 0.473. The van der Waals surface area contributed by atoms with Crippen LogP contribution in [0.4, 0.5) is 13.8 Å². The number of fused-ring (bicyclic) bond motifs is 1. The van der Waals surface area contributed by atoms with Gasteiger partial charge in [-0.3, -0.25) is 4.79 Å². The van der Waals surface area contributed by atoms with Gasteiger partial charge in [0.05, 0.1) is 19.8 Å². The molecule has 1 unspecified atom stereocenters. The van der Waals surface area contributed by atoms with Crippen LogP contribution in [0.3, 0.4) is 0 Å². The fraction of sp³-hybridized carbons (Fsp3) is 0.500. The Morgan fingerprint density at radius 3 is 2.58 bits per heavy atom. The molecule has 2 aromatic rings. The van der Waals surface area contributed by atoms with Crippen molar-refractivity contribution in [3.8, 4) is 11.5 Å². The van der Waals surface area contributed by atoms with E-state index in [9.17, 15) is 18.4 Å². The number of nitrogens with one attached hydrogen (secondary N) is 1. The molecule has 1 aliphatic rings. The number of amides is 1. The van der Waals surface area contributed by atoms with Gasteiger partial charge in [-0.25, -0.2) is 4.79 Å². The summed E-state index contributed by atoms with van der Waals surface area (Å²) in [6.45, 7) is 3.69. The molecule has 0 saturated heterocycles. The van der Waals surface area contributed by atoms with Crippen LogP contribution in [-0.2, 0) is 17.6 Å². The number of anilines is 1. The van der Waals surface area contributed by atoms with E-state index >= 15 is 0 Å². The minimum absolute atomic E-state index is 0.00579. The first-order chi connectivity index (χ1) is 15.6. The fourth-order valence-electron chi connectivity index (χ4n) is 4.13. The Kier molecular flexibility index (Phi) is 7.62. The molecule has 9 heteroatoms. The maximum atomic E-state index is 13.0. The number of thiophene rings is 1. The van der Waals surface area contributed by atoms with Gasteiger partial charge in [0.1, 0.15) is 5.00 Å². The van der Waals surface area contributed by atoms with E-state index in [1.54, 1.807) is 0 Å². The summed E-state index contributed by atoms with van der Waals surface area (Å²) in [5, 5.41) is 3.24. The van der Waals surface area contributed by atoms with E-state index in [1.807, 2.05) is 0 Å². The lowest BCUT2D eigenvalue weighted by atomic mass is 9.69. The number of ether oxygens (including phenoxy) is 3. The third kappa shape index (κ3) is 5.29. The summed E-state index contributed by atoms with van der Waals surface area (Å²) in [6.07, 6.45) is 3.60. The number of carbonyl (C=O) groups excluding carboxylic acids is 2. The van der Waals surface area contributed by atoms with Gasteiger partial charge in [-0.2, -0.15) is 8.78 Å². The first-order valence-corrected chi connectivity index (χ1v) is 11.6. The molecule has 3 rings (SSSR count). The molecule has 6 nitrogen and oxygen atoms in total. The normalized spacial score (nSPS) is 15.7. The van der Waals surface area contributed by atoms with Gasteiger partial charge in [-0.15, -0.1) is 11.3 Å². The molecule has 1 aromatic heterocycles. The number of methoxy groups -OCH3 is 2. The second kappa shape index (κ2) is 10.1. The van der Waals surface area contributed by atoms with Crippen molar-refractivity contribution in [3.63, 3.8) is 0 Å². The van der Waals surface area contributed by atoms with Crippen LogP contribution in [0.1, 0.15) is 64.8 Å². The average Bonchev–Trinajstić information content (AvgIpc) is 3.15. The Morgan fingerprint density at radius 1 is 1.24 bits per heavy atom. The van der Waals surface area contributed by atoms with Crippen LogP contribution in [0.25, 0.3) is 0 Å². The molecule has 0 fully saturated rings. The standard InChI is InChI=1S/C24H29F2NO5S/c1-6-24(2,3)14-8-9-15-18(12-14)33-21(19(15)22(29)31-5)27-20(28)13-7-10-16(32-23(25)26)17(11-13)30-4/h7,10-11,14,23H,6,8-9,12H2,1-5H3,(H,27,28). The summed E-state index contributed by atoms with van der Waals surface area (Å²) in [5.74, 6) is -0.670. The van der Waals surface area contributed by atoms with Gasteiger partial charge in [0.25, 0.3) is 5.91 Å². The number of rotatable bonds is 8. The van der Waals surface area contributed by atoms with E-state index in [4.69, 9.17) is 9.47 Å². The fourth-order valence-corrected chi connectivity index (χ4v) is 5.44. The van der Waals surface area contributed by atoms with Gasteiger partial charge < -0.3 is 19.5 Å². The molecule has 0 radical (unpaired) electrons. The van der Waals surface area contributed by atoms with Crippen LogP contribution in [0, 0.1) is 11.3 Å². The van der Waals surface area contributed by atoms with Gasteiger partial charge in [-0.05, 0) is 54.4 Å². The van der Waals surface area contributed by atoms with Crippen molar-refractivity contribution in [1.82, 2.24) is 0 Å². The molecule has 0 spiro atoms. The third-order valence-electron chi connectivity index (χ3n) is 6.54. The van der Waals surface area contributed by atoms with Crippen LogP contribution in [-0.4, -0.2) is 32.7 Å². The van der Waals surface area contributed by atoms with Crippen molar-refractivity contribution in [2.45, 2.75) is 53.1 Å². The van der Waals surface area contributed by atoms with Crippen molar-refractivity contribution in [2.24, 2.45) is 11.3 Å². The Balaban J connectivity index is 1.91. The summed E-state index contributed by atoms with van der Waals surface area (Å²) in [4.78, 5) is 26.6. The molecular formula is C24H29F2NO5S. The van der Waals surface area contributed by atoms with Crippen LogP contribution < -0.4 is 14.8 Å². The molecule has 1 atom stereocenters. The zero-order chi connectivity index (χ0) is 24.3. The molecule has 180 valence electrons. The van der Waals surface area contributed by atoms with E-state index in [-0.39, 0.29) is 22.5 Å². The number of hydrogen-bond donors (Lipinski definition) is 1. The molecule has 1 amide bonds. The van der Waals surface area contributed by atoms with E-state index in [2.05, 4.69) is 30.8 Å². The highest BCUT2D eigenvalue weighted by atomic mass is 32.1. The number of esters is 1. The molecule has 1 aliphatic carbocycles. The minimum Gasteiger partial charge on any atom is -0.493 e. The third-order valence-corrected chi connectivity index (χ3v) is 7.71. The Morgan fingerprint density at radius 2 is 1.97 bits per heavy atom. The maximum absolute atomic E-state index is 13.0. The Labute approximate surface area is 196 Å². The SMILES string of the molecule is CCC(C)(C)C1CCc2c(sc(NC(=O)c3ccc(OC(F)F)c(OC)c3)c2C(=O)OC)C1. The number of halogens is 2. The summed E-state index contributed by atoms with van der Waals surface area (Å²) < 4.78 is 39.6. The van der Waals surface area contributed by atoms with E-state index in [0.717, 1.165) is 36.1 Å². The minimum atomic E-state index is -3.01. The van der Waals surface area contributed by atoms with E-state index < -0.39 is 18.5 Å². The average molecular weight is 482 g/mol. The molecule has 33 heavy (non-hydrogen) atoms. The molecular weight excluding hydrogens is 452 g/mol. The lowest BCUT2D eigenvalue weighted by Crippen LogP contribution is -2.28. The molecule has 0 aliphatic heterocycles. The smallest absolute Gasteiger partial charge is 0.387 e. The van der Waals surface area contributed by atoms with Crippen molar-refractivity contribution < 1.29 is 32.6 Å². The van der Waals surface area contributed by atoms with Gasteiger partial charge in [0, 0.05) is 10.4 Å². The highest BCUT2D eigenvalue weighted by molar-refractivity contribution is 7.17. The molecule has 1 N–H and O–H groups in total. The van der Waals surface area contributed by atoms with Crippen molar-refractivity contribution in [1.29, 1.82) is 0 Å². The molecule has 0 bridgehead atoms. The predicted molar refractivity (Wildman–Crippen MR) is 123 cm³/mol. The van der Waals surface area contributed by atoms with Crippen LogP contribution in [0.2, 0.25) is 0 Å². The Bertz CT molecular complexity index is 1030. The number of alkyl halides is 2. The zero-order valence-corrected chi connectivity index (χ0v) is 20.2. The van der Waals surface area contributed by atoms with Crippen molar-refractivity contribution >= 4 is 28.2 Å². The summed E-state index contributed by atoms with van der Waals surface area (Å²) in [7, 11) is 2.61. The zero-order valence-electron chi connectivity index (χ0n) is 19.4. The maximum Gasteiger partial charge on any atom is 0.387 e. The van der Waals surface area contributed by atoms with Gasteiger partial charge in [0.2, 0.25) is 0 Å². The second-order valence-electron chi connectivity index (χ2n) is 8.68. The highest BCUT2D eigenvalue weighted by Crippen LogP contribution is 2.45. The van der Waals surface area contributed by atoms with Gasteiger partial charge in [-0.1, -0.05) is 27.2 Å². The largest absolute Gasteiger partial charge is 0.493 e. The monoisotopic (exact) mass is 481 g/mol. The number of hydrogen-bond acceptors (Lipinski definition) is 6. The van der Waals surface area contributed by atoms with E-state index in [0.29, 0.717) is 16.5 Å². The van der Waals surface area contributed by atoms with Crippen molar-refractivity contribution in [2.75, 3.05) is 19.5 Å². The highest BCUT2D eigenvalue weighted by Gasteiger charge is 2.35. The number of benzene rings is 1. The lowest BCUT2D eigenvalue weighted by molar-refractivity contribution is -0.0512. The summed E-state index contributed by atoms with van der Waals surface area (Å²) in [5.41, 5.74) is 1.68. The molecule has 1 heterocycles.